The summed E-state index contributed by atoms with van der Waals surface area (Å²) in [7, 11) is 0. The average Bonchev–Trinajstić information content (AvgIpc) is 2.64. The molecule has 0 aliphatic rings. The first-order valence-electron chi connectivity index (χ1n) is 8.19. The van der Waals surface area contributed by atoms with Crippen molar-refractivity contribution in [1.82, 2.24) is 0 Å². The molecule has 0 fully saturated rings. The molecule has 7 nitrogen and oxygen atoms in total. The van der Waals surface area contributed by atoms with Crippen molar-refractivity contribution in [3.8, 4) is 51.2 Å². The van der Waals surface area contributed by atoms with Crippen molar-refractivity contribution in [2.24, 2.45) is 0 Å². The number of hydrogen-bond donors (Lipinski definition) is 5. The van der Waals surface area contributed by atoms with E-state index < -0.39 is 16.9 Å². The highest BCUT2D eigenvalue weighted by Crippen LogP contribution is 2.42. The maximum absolute atomic E-state index is 12.6. The van der Waals surface area contributed by atoms with Crippen LogP contribution < -0.4 is 5.43 Å². The summed E-state index contributed by atoms with van der Waals surface area (Å²) in [6, 6.07) is 12.0. The summed E-state index contributed by atoms with van der Waals surface area (Å²) in [6.07, 6.45) is 0. The molecule has 0 bridgehead atoms. The molecule has 1 aromatic heterocycles. The number of phenols is 5. The van der Waals surface area contributed by atoms with Gasteiger partial charge in [-0.25, -0.2) is 0 Å². The van der Waals surface area contributed by atoms with E-state index in [4.69, 9.17) is 4.42 Å². The third-order valence-corrected chi connectivity index (χ3v) is 4.38. The maximum Gasteiger partial charge on any atom is 0.197 e. The first kappa shape index (κ1) is 17.3. The third kappa shape index (κ3) is 2.75. The van der Waals surface area contributed by atoms with Gasteiger partial charge >= 0.3 is 0 Å². The fraction of sp³-hybridized carbons (Fsp3) is 0. The van der Waals surface area contributed by atoms with Crippen LogP contribution in [0.1, 0.15) is 0 Å². The number of benzene rings is 3. The van der Waals surface area contributed by atoms with Crippen molar-refractivity contribution < 1.29 is 29.9 Å². The lowest BCUT2D eigenvalue weighted by atomic mass is 10.00. The molecule has 28 heavy (non-hydrogen) atoms. The fourth-order valence-electron chi connectivity index (χ4n) is 3.03. The molecule has 0 spiro atoms. The van der Waals surface area contributed by atoms with E-state index in [0.717, 1.165) is 12.1 Å². The number of hydrogen-bond acceptors (Lipinski definition) is 7. The standard InChI is InChI=1S/C21H14O7/c22-12-4-1-10(2-5-12)19-15(25)8-16(26)20-17(27)9-18(28-21(19)20)11-3-6-13(23)14(24)7-11/h1-9,22-26H. The molecular weight excluding hydrogens is 364 g/mol. The molecule has 0 aliphatic carbocycles. The van der Waals surface area contributed by atoms with Crippen molar-refractivity contribution in [2.75, 3.05) is 0 Å². The van der Waals surface area contributed by atoms with Crippen LogP contribution >= 0.6 is 0 Å². The summed E-state index contributed by atoms with van der Waals surface area (Å²) in [5.41, 5.74) is 0.317. The number of aromatic hydroxyl groups is 5. The van der Waals surface area contributed by atoms with Gasteiger partial charge in [0.25, 0.3) is 0 Å². The monoisotopic (exact) mass is 378 g/mol. The molecule has 4 aromatic rings. The predicted molar refractivity (Wildman–Crippen MR) is 102 cm³/mol. The van der Waals surface area contributed by atoms with Gasteiger partial charge in [-0.2, -0.15) is 0 Å². The molecule has 0 atom stereocenters. The Morgan fingerprint density at radius 1 is 0.643 bits per heavy atom. The normalized spacial score (nSPS) is 11.0. The largest absolute Gasteiger partial charge is 0.508 e. The zero-order valence-corrected chi connectivity index (χ0v) is 14.2. The smallest absolute Gasteiger partial charge is 0.197 e. The molecule has 7 heteroatoms. The molecule has 4 rings (SSSR count). The highest BCUT2D eigenvalue weighted by atomic mass is 16.3. The van der Waals surface area contributed by atoms with E-state index >= 15 is 0 Å². The lowest BCUT2D eigenvalue weighted by Crippen LogP contribution is -2.02. The lowest BCUT2D eigenvalue weighted by molar-refractivity contribution is 0.404. The van der Waals surface area contributed by atoms with Crippen LogP contribution in [-0.2, 0) is 0 Å². The molecule has 0 radical (unpaired) electrons. The molecule has 0 aliphatic heterocycles. The zero-order valence-electron chi connectivity index (χ0n) is 14.2. The first-order chi connectivity index (χ1) is 13.3. The Kier molecular flexibility index (Phi) is 3.85. The number of fused-ring (bicyclic) bond motifs is 1. The zero-order chi connectivity index (χ0) is 20.0. The van der Waals surface area contributed by atoms with Gasteiger partial charge in [0.15, 0.2) is 22.5 Å². The quantitative estimate of drug-likeness (QED) is 0.336. The highest BCUT2D eigenvalue weighted by molar-refractivity contribution is 5.99. The van der Waals surface area contributed by atoms with Gasteiger partial charge in [0.2, 0.25) is 0 Å². The van der Waals surface area contributed by atoms with Gasteiger partial charge in [0, 0.05) is 17.7 Å². The third-order valence-electron chi connectivity index (χ3n) is 4.38. The van der Waals surface area contributed by atoms with E-state index in [9.17, 15) is 30.3 Å². The second-order valence-corrected chi connectivity index (χ2v) is 6.22. The fourth-order valence-corrected chi connectivity index (χ4v) is 3.03. The molecule has 0 amide bonds. The predicted octanol–water partition coefficient (Wildman–Crippen LogP) is 3.66. The van der Waals surface area contributed by atoms with Crippen LogP contribution in [0, 0.1) is 0 Å². The van der Waals surface area contributed by atoms with Gasteiger partial charge in [-0.05, 0) is 35.9 Å². The molecule has 1 heterocycles. The Morgan fingerprint density at radius 2 is 1.32 bits per heavy atom. The Hall–Kier alpha value is -4.13. The van der Waals surface area contributed by atoms with Crippen LogP contribution in [0.25, 0.3) is 33.4 Å². The highest BCUT2D eigenvalue weighted by Gasteiger charge is 2.20. The Morgan fingerprint density at radius 3 is 2.00 bits per heavy atom. The minimum absolute atomic E-state index is 0.0213. The van der Waals surface area contributed by atoms with Crippen LogP contribution in [-0.4, -0.2) is 25.5 Å². The van der Waals surface area contributed by atoms with E-state index in [1.54, 1.807) is 0 Å². The first-order valence-corrected chi connectivity index (χ1v) is 8.19. The van der Waals surface area contributed by atoms with Crippen molar-refractivity contribution >= 4 is 11.0 Å². The Bertz CT molecular complexity index is 1270. The number of rotatable bonds is 2. The molecule has 140 valence electrons. The van der Waals surface area contributed by atoms with Gasteiger partial charge in [-0.3, -0.25) is 4.79 Å². The molecule has 5 N–H and O–H groups in total. The van der Waals surface area contributed by atoms with Crippen LogP contribution in [0.3, 0.4) is 0 Å². The van der Waals surface area contributed by atoms with Gasteiger partial charge in [0.1, 0.15) is 28.4 Å². The van der Waals surface area contributed by atoms with Gasteiger partial charge in [-0.1, -0.05) is 12.1 Å². The van der Waals surface area contributed by atoms with Gasteiger partial charge in [0.05, 0.1) is 5.56 Å². The van der Waals surface area contributed by atoms with Crippen molar-refractivity contribution in [1.29, 1.82) is 0 Å². The van der Waals surface area contributed by atoms with Gasteiger partial charge < -0.3 is 29.9 Å². The summed E-state index contributed by atoms with van der Waals surface area (Å²) in [6.45, 7) is 0. The van der Waals surface area contributed by atoms with E-state index in [-0.39, 0.29) is 39.5 Å². The van der Waals surface area contributed by atoms with E-state index in [2.05, 4.69) is 0 Å². The lowest BCUT2D eigenvalue weighted by Gasteiger charge is -2.12. The summed E-state index contributed by atoms with van der Waals surface area (Å²) in [5.74, 6) is -1.39. The molecule has 0 unspecified atom stereocenters. The number of phenolic OH excluding ortho intramolecular Hbond substituents is 5. The van der Waals surface area contributed by atoms with Crippen LogP contribution in [0.15, 0.2) is 63.8 Å². The molecule has 0 saturated heterocycles. The summed E-state index contributed by atoms with van der Waals surface area (Å²) < 4.78 is 5.83. The van der Waals surface area contributed by atoms with Crippen LogP contribution in [0.4, 0.5) is 0 Å². The van der Waals surface area contributed by atoms with E-state index in [1.165, 1.54) is 42.5 Å². The minimum atomic E-state index is -0.554. The van der Waals surface area contributed by atoms with Gasteiger partial charge in [-0.15, -0.1) is 0 Å². The van der Waals surface area contributed by atoms with E-state index in [0.29, 0.717) is 11.1 Å². The second-order valence-electron chi connectivity index (χ2n) is 6.22. The van der Waals surface area contributed by atoms with Crippen molar-refractivity contribution in [3.63, 3.8) is 0 Å². The summed E-state index contributed by atoms with van der Waals surface area (Å²) >= 11 is 0. The molecule has 0 saturated carbocycles. The topological polar surface area (TPSA) is 131 Å². The molecule has 3 aromatic carbocycles. The van der Waals surface area contributed by atoms with Crippen molar-refractivity contribution in [2.45, 2.75) is 0 Å². The average molecular weight is 378 g/mol. The summed E-state index contributed by atoms with van der Waals surface area (Å²) in [5, 5.41) is 49.1. The molecular formula is C21H14O7. The maximum atomic E-state index is 12.6. The summed E-state index contributed by atoms with van der Waals surface area (Å²) in [4.78, 5) is 12.6. The Labute approximate surface area is 157 Å². The Balaban J connectivity index is 2.07. The van der Waals surface area contributed by atoms with E-state index in [1.807, 2.05) is 0 Å². The van der Waals surface area contributed by atoms with Crippen molar-refractivity contribution in [3.05, 3.63) is 64.8 Å². The second kappa shape index (κ2) is 6.24. The van der Waals surface area contributed by atoms with Crippen LogP contribution in [0.5, 0.6) is 28.7 Å². The van der Waals surface area contributed by atoms with Crippen LogP contribution in [0.2, 0.25) is 0 Å². The SMILES string of the molecule is O=c1cc(-c2ccc(O)c(O)c2)oc2c(-c3ccc(O)cc3)c(O)cc(O)c12. The minimum Gasteiger partial charge on any atom is -0.508 e.